The second kappa shape index (κ2) is 9.41. The molecule has 0 spiro atoms. The molecule has 2 N–H and O–H groups in total. The maximum Gasteiger partial charge on any atom is 0.216 e. The van der Waals surface area contributed by atoms with Crippen LogP contribution >= 0.6 is 0 Å². The van der Waals surface area contributed by atoms with Crippen molar-refractivity contribution >= 4 is 5.96 Å². The molecule has 2 aromatic rings. The van der Waals surface area contributed by atoms with Gasteiger partial charge in [0, 0.05) is 24.4 Å². The molecule has 1 aromatic heterocycles. The quantitative estimate of drug-likeness (QED) is 0.576. The van der Waals surface area contributed by atoms with E-state index in [4.69, 9.17) is 4.42 Å². The molecule has 5 nitrogen and oxygen atoms in total. The number of oxazole rings is 1. The van der Waals surface area contributed by atoms with Crippen LogP contribution in [-0.2, 0) is 12.0 Å². The van der Waals surface area contributed by atoms with Crippen molar-refractivity contribution in [1.82, 2.24) is 15.6 Å². The Morgan fingerprint density at radius 3 is 2.46 bits per heavy atom. The first-order valence-electron chi connectivity index (χ1n) is 9.46. The van der Waals surface area contributed by atoms with Crippen molar-refractivity contribution in [3.63, 3.8) is 0 Å². The molecule has 26 heavy (non-hydrogen) atoms. The summed E-state index contributed by atoms with van der Waals surface area (Å²) in [6, 6.07) is 10.6. The van der Waals surface area contributed by atoms with Crippen molar-refractivity contribution in [2.24, 2.45) is 4.99 Å². The molecule has 1 aromatic carbocycles. The summed E-state index contributed by atoms with van der Waals surface area (Å²) in [6.07, 6.45) is 2.87. The van der Waals surface area contributed by atoms with Crippen molar-refractivity contribution in [3.05, 3.63) is 53.7 Å². The Bertz CT molecular complexity index is 686. The summed E-state index contributed by atoms with van der Waals surface area (Å²) < 4.78 is 5.82. The highest BCUT2D eigenvalue weighted by molar-refractivity contribution is 5.79. The standard InChI is InChI=1S/C21H32N4O/c1-6-16(17-11-9-8-10-12-17)13-24-20(22-7-2)25-15-19-23-14-18(26-19)21(3,4)5/h8-12,14,16H,6-7,13,15H2,1-5H3,(H2,22,24,25). The number of benzene rings is 1. The Labute approximate surface area is 157 Å². The Hall–Kier alpha value is -2.30. The van der Waals surface area contributed by atoms with E-state index in [1.54, 1.807) is 6.20 Å². The largest absolute Gasteiger partial charge is 0.443 e. The summed E-state index contributed by atoms with van der Waals surface area (Å²) in [6.45, 7) is 12.7. The Morgan fingerprint density at radius 2 is 1.88 bits per heavy atom. The smallest absolute Gasteiger partial charge is 0.216 e. The first-order chi connectivity index (χ1) is 12.4. The number of nitrogens with one attached hydrogen (secondary N) is 2. The van der Waals surface area contributed by atoms with Gasteiger partial charge in [-0.1, -0.05) is 58.0 Å². The predicted molar refractivity (Wildman–Crippen MR) is 107 cm³/mol. The molecule has 0 bridgehead atoms. The minimum atomic E-state index is -0.0399. The van der Waals surface area contributed by atoms with E-state index in [0.29, 0.717) is 18.4 Å². The van der Waals surface area contributed by atoms with Gasteiger partial charge in [-0.25, -0.2) is 9.98 Å². The predicted octanol–water partition coefficient (Wildman–Crippen LogP) is 4.22. The van der Waals surface area contributed by atoms with Crippen molar-refractivity contribution in [2.75, 3.05) is 13.1 Å². The number of aromatic nitrogens is 1. The molecule has 1 atom stereocenters. The zero-order valence-electron chi connectivity index (χ0n) is 16.7. The zero-order chi connectivity index (χ0) is 19.0. The first kappa shape index (κ1) is 20.0. The molecule has 0 saturated carbocycles. The van der Waals surface area contributed by atoms with Crippen molar-refractivity contribution in [3.8, 4) is 0 Å². The summed E-state index contributed by atoms with van der Waals surface area (Å²) in [5.41, 5.74) is 1.31. The van der Waals surface area contributed by atoms with Crippen molar-refractivity contribution < 1.29 is 4.42 Å². The van der Waals surface area contributed by atoms with Gasteiger partial charge >= 0.3 is 0 Å². The van der Waals surface area contributed by atoms with E-state index in [0.717, 1.165) is 31.2 Å². The molecule has 0 aliphatic carbocycles. The molecule has 0 fully saturated rings. The number of hydrogen-bond acceptors (Lipinski definition) is 3. The topological polar surface area (TPSA) is 62.5 Å². The summed E-state index contributed by atoms with van der Waals surface area (Å²) in [4.78, 5) is 8.96. The van der Waals surface area contributed by atoms with E-state index in [2.05, 4.69) is 85.6 Å². The van der Waals surface area contributed by atoms with E-state index in [9.17, 15) is 0 Å². The summed E-state index contributed by atoms with van der Waals surface area (Å²) in [5, 5.41) is 6.74. The monoisotopic (exact) mass is 356 g/mol. The Kier molecular flexibility index (Phi) is 7.25. The zero-order valence-corrected chi connectivity index (χ0v) is 16.7. The van der Waals surface area contributed by atoms with Crippen LogP contribution < -0.4 is 10.6 Å². The van der Waals surface area contributed by atoms with E-state index in [1.807, 2.05) is 0 Å². The van der Waals surface area contributed by atoms with Crippen LogP contribution in [0.5, 0.6) is 0 Å². The molecule has 142 valence electrons. The first-order valence-corrected chi connectivity index (χ1v) is 9.46. The van der Waals surface area contributed by atoms with Gasteiger partial charge in [0.25, 0.3) is 0 Å². The molecular weight excluding hydrogens is 324 g/mol. The van der Waals surface area contributed by atoms with E-state index in [-0.39, 0.29) is 5.41 Å². The van der Waals surface area contributed by atoms with Gasteiger partial charge in [-0.15, -0.1) is 0 Å². The van der Waals surface area contributed by atoms with Gasteiger partial charge in [0.05, 0.1) is 6.20 Å². The lowest BCUT2D eigenvalue weighted by atomic mass is 9.94. The fourth-order valence-corrected chi connectivity index (χ4v) is 2.66. The fourth-order valence-electron chi connectivity index (χ4n) is 2.66. The Balaban J connectivity index is 1.99. The van der Waals surface area contributed by atoms with Crippen molar-refractivity contribution in [2.45, 2.75) is 58.9 Å². The Morgan fingerprint density at radius 1 is 1.15 bits per heavy atom. The fraction of sp³-hybridized carbons (Fsp3) is 0.524. The second-order valence-electron chi connectivity index (χ2n) is 7.46. The lowest BCUT2D eigenvalue weighted by Crippen LogP contribution is -2.39. The van der Waals surface area contributed by atoms with Gasteiger partial charge in [0.1, 0.15) is 12.3 Å². The summed E-state index contributed by atoms with van der Waals surface area (Å²) in [5.74, 6) is 2.77. The molecule has 0 radical (unpaired) electrons. The number of rotatable bonds is 7. The number of aliphatic imine (C=N–C) groups is 1. The van der Waals surface area contributed by atoms with Gasteiger partial charge in [0.15, 0.2) is 5.96 Å². The van der Waals surface area contributed by atoms with Crippen LogP contribution in [0.3, 0.4) is 0 Å². The highest BCUT2D eigenvalue weighted by atomic mass is 16.4. The van der Waals surface area contributed by atoms with Crippen LogP contribution in [0.4, 0.5) is 0 Å². The SMILES string of the molecule is CCNC(=NCc1ncc(C(C)(C)C)o1)NCC(CC)c1ccccc1. The van der Waals surface area contributed by atoms with Crippen LogP contribution in [0.1, 0.15) is 64.2 Å². The maximum absolute atomic E-state index is 5.82. The highest BCUT2D eigenvalue weighted by Gasteiger charge is 2.19. The van der Waals surface area contributed by atoms with Gasteiger partial charge in [-0.05, 0) is 18.9 Å². The maximum atomic E-state index is 5.82. The van der Waals surface area contributed by atoms with E-state index < -0.39 is 0 Å². The third-order valence-corrected chi connectivity index (χ3v) is 4.29. The highest BCUT2D eigenvalue weighted by Crippen LogP contribution is 2.22. The number of nitrogens with zero attached hydrogens (tertiary/aromatic N) is 2. The van der Waals surface area contributed by atoms with Crippen LogP contribution in [0.2, 0.25) is 0 Å². The minimum absolute atomic E-state index is 0.0399. The normalized spacial score (nSPS) is 13.5. The van der Waals surface area contributed by atoms with Crippen molar-refractivity contribution in [1.29, 1.82) is 0 Å². The summed E-state index contributed by atoms with van der Waals surface area (Å²) >= 11 is 0. The molecule has 1 heterocycles. The van der Waals surface area contributed by atoms with Gasteiger partial charge in [0.2, 0.25) is 5.89 Å². The third-order valence-electron chi connectivity index (χ3n) is 4.29. The molecule has 0 aliphatic rings. The van der Waals surface area contributed by atoms with Crippen LogP contribution in [0, 0.1) is 0 Å². The lowest BCUT2D eigenvalue weighted by molar-refractivity contribution is 0.383. The molecule has 5 heteroatoms. The summed E-state index contributed by atoms with van der Waals surface area (Å²) in [7, 11) is 0. The van der Waals surface area contributed by atoms with E-state index in [1.165, 1.54) is 5.56 Å². The van der Waals surface area contributed by atoms with Crippen LogP contribution in [0.15, 0.2) is 45.9 Å². The van der Waals surface area contributed by atoms with Gasteiger partial charge in [-0.3, -0.25) is 0 Å². The molecule has 0 saturated heterocycles. The average Bonchev–Trinajstić information content (AvgIpc) is 3.10. The molecule has 0 amide bonds. The third kappa shape index (κ3) is 5.90. The number of hydrogen-bond donors (Lipinski definition) is 2. The second-order valence-corrected chi connectivity index (χ2v) is 7.46. The van der Waals surface area contributed by atoms with E-state index >= 15 is 0 Å². The molecule has 1 unspecified atom stereocenters. The van der Waals surface area contributed by atoms with Gasteiger partial charge < -0.3 is 15.1 Å². The number of guanidine groups is 1. The minimum Gasteiger partial charge on any atom is -0.443 e. The molecule has 2 rings (SSSR count). The average molecular weight is 357 g/mol. The molecular formula is C21H32N4O. The van der Waals surface area contributed by atoms with Gasteiger partial charge in [-0.2, -0.15) is 0 Å². The van der Waals surface area contributed by atoms with Crippen LogP contribution in [0.25, 0.3) is 0 Å². The lowest BCUT2D eigenvalue weighted by Gasteiger charge is -2.18. The van der Waals surface area contributed by atoms with Crippen LogP contribution in [-0.4, -0.2) is 24.0 Å². The molecule has 0 aliphatic heterocycles.